The third kappa shape index (κ3) is 3.71. The summed E-state index contributed by atoms with van der Waals surface area (Å²) in [7, 11) is 0. The molecule has 0 spiro atoms. The molecule has 0 saturated heterocycles. The van der Waals surface area contributed by atoms with E-state index in [2.05, 4.69) is 45.3 Å². The van der Waals surface area contributed by atoms with E-state index in [-0.39, 0.29) is 11.8 Å². The molecule has 7 heteroatoms. The zero-order valence-corrected chi connectivity index (χ0v) is 15.0. The molecule has 130 valence electrons. The molecule has 0 unspecified atom stereocenters. The highest BCUT2D eigenvalue weighted by Crippen LogP contribution is 2.30. The lowest BCUT2D eigenvalue weighted by Gasteiger charge is -2.05. The number of carbonyl (C=O) groups excluding carboxylic acids is 2. The first-order chi connectivity index (χ1) is 12.1. The van der Waals surface area contributed by atoms with Crippen LogP contribution in [-0.2, 0) is 11.3 Å². The molecule has 0 fully saturated rings. The van der Waals surface area contributed by atoms with Crippen molar-refractivity contribution in [2.45, 2.75) is 20.4 Å². The number of nitrogens with one attached hydrogen (secondary N) is 2. The molecular weight excluding hydrogens is 336 g/mol. The maximum absolute atomic E-state index is 12.2. The van der Waals surface area contributed by atoms with Crippen LogP contribution in [0.4, 0.5) is 0 Å². The number of nitrogens with zero attached hydrogens (tertiary/aromatic N) is 2. The number of hydrogen-bond donors (Lipinski definition) is 2. The molecule has 0 aliphatic rings. The van der Waals surface area contributed by atoms with Crippen molar-refractivity contribution in [1.29, 1.82) is 0 Å². The summed E-state index contributed by atoms with van der Waals surface area (Å²) in [6, 6.07) is 10.3. The lowest BCUT2D eigenvalue weighted by Crippen LogP contribution is -2.33. The van der Waals surface area contributed by atoms with Gasteiger partial charge in [-0.2, -0.15) is 0 Å². The molecule has 3 aromatic rings. The number of hydrogen-bond acceptors (Lipinski definition) is 4. The molecule has 2 heterocycles. The van der Waals surface area contributed by atoms with E-state index in [4.69, 9.17) is 0 Å². The number of para-hydroxylation sites is 1. The molecule has 25 heavy (non-hydrogen) atoms. The smallest absolute Gasteiger partial charge is 0.270 e. The van der Waals surface area contributed by atoms with Crippen LogP contribution in [0.25, 0.3) is 21.6 Å². The zero-order valence-electron chi connectivity index (χ0n) is 14.2. The second-order valence-corrected chi connectivity index (χ2v) is 6.47. The van der Waals surface area contributed by atoms with Gasteiger partial charge in [0.25, 0.3) is 5.91 Å². The molecule has 2 aromatic heterocycles. The number of aryl methyl sites for hydroxylation is 1. The van der Waals surface area contributed by atoms with Gasteiger partial charge in [0.1, 0.15) is 10.7 Å². The van der Waals surface area contributed by atoms with Crippen molar-refractivity contribution in [3.05, 3.63) is 41.4 Å². The van der Waals surface area contributed by atoms with Crippen molar-refractivity contribution in [1.82, 2.24) is 20.2 Å². The summed E-state index contributed by atoms with van der Waals surface area (Å²) in [5.74, 6) is -0.343. The van der Waals surface area contributed by atoms with Crippen molar-refractivity contribution in [3.63, 3.8) is 0 Å². The predicted molar refractivity (Wildman–Crippen MR) is 99.7 cm³/mol. The largest absolute Gasteiger partial charge is 0.355 e. The van der Waals surface area contributed by atoms with Crippen molar-refractivity contribution < 1.29 is 9.59 Å². The van der Waals surface area contributed by atoms with Gasteiger partial charge in [-0.25, -0.2) is 4.98 Å². The number of aromatic nitrogens is 2. The Hall–Kier alpha value is -2.67. The Bertz CT molecular complexity index is 913. The van der Waals surface area contributed by atoms with E-state index < -0.39 is 0 Å². The third-order valence-electron chi connectivity index (χ3n) is 3.87. The molecule has 2 N–H and O–H groups in total. The molecule has 0 aliphatic carbocycles. The van der Waals surface area contributed by atoms with Crippen LogP contribution < -0.4 is 10.6 Å². The molecule has 1 aromatic carbocycles. The Morgan fingerprint density at radius 1 is 1.20 bits per heavy atom. The van der Waals surface area contributed by atoms with Gasteiger partial charge >= 0.3 is 0 Å². The van der Waals surface area contributed by atoms with Gasteiger partial charge in [-0.1, -0.05) is 18.2 Å². The monoisotopic (exact) mass is 356 g/mol. The van der Waals surface area contributed by atoms with E-state index in [0.29, 0.717) is 18.8 Å². The van der Waals surface area contributed by atoms with Crippen LogP contribution in [0.15, 0.2) is 35.7 Å². The molecule has 0 aliphatic heterocycles. The van der Waals surface area contributed by atoms with Gasteiger partial charge in [0.15, 0.2) is 0 Å². The molecule has 6 nitrogen and oxygen atoms in total. The Kier molecular flexibility index (Phi) is 5.14. The van der Waals surface area contributed by atoms with Gasteiger partial charge < -0.3 is 15.2 Å². The standard InChI is InChI=1S/C18H20N4O2S/c1-3-22-15-7-5-4-6-13(15)10-16(22)18-21-14(11-25-18)17(24)20-9-8-19-12(2)23/h4-7,10-11H,3,8-9H2,1-2H3,(H,19,23)(H,20,24). The summed E-state index contributed by atoms with van der Waals surface area (Å²) in [4.78, 5) is 27.5. The van der Waals surface area contributed by atoms with Gasteiger partial charge in [-0.05, 0) is 19.1 Å². The fourth-order valence-corrected chi connectivity index (χ4v) is 3.55. The van der Waals surface area contributed by atoms with Crippen molar-refractivity contribution in [3.8, 4) is 10.7 Å². The summed E-state index contributed by atoms with van der Waals surface area (Å²) in [6.45, 7) is 5.16. The minimum Gasteiger partial charge on any atom is -0.355 e. The van der Waals surface area contributed by atoms with Gasteiger partial charge in [0.05, 0.1) is 5.69 Å². The van der Waals surface area contributed by atoms with Crippen LogP contribution >= 0.6 is 11.3 Å². The SMILES string of the molecule is CCn1c(-c2nc(C(=O)NCCNC(C)=O)cs2)cc2ccccc21. The Morgan fingerprint density at radius 3 is 2.72 bits per heavy atom. The first kappa shape index (κ1) is 17.2. The number of carbonyl (C=O) groups is 2. The summed E-state index contributed by atoms with van der Waals surface area (Å²) < 4.78 is 2.20. The minimum atomic E-state index is -0.230. The van der Waals surface area contributed by atoms with Gasteiger partial charge in [-0.3, -0.25) is 9.59 Å². The Morgan fingerprint density at radius 2 is 1.96 bits per heavy atom. The maximum atomic E-state index is 12.2. The van der Waals surface area contributed by atoms with Gasteiger partial charge in [-0.15, -0.1) is 11.3 Å². The van der Waals surface area contributed by atoms with Gasteiger partial charge in [0, 0.05) is 42.8 Å². The number of thiazole rings is 1. The van der Waals surface area contributed by atoms with E-state index in [1.165, 1.54) is 18.3 Å². The van der Waals surface area contributed by atoms with Crippen LogP contribution in [0.1, 0.15) is 24.3 Å². The van der Waals surface area contributed by atoms with E-state index >= 15 is 0 Å². The first-order valence-corrected chi connectivity index (χ1v) is 9.05. The highest BCUT2D eigenvalue weighted by Gasteiger charge is 2.15. The average Bonchev–Trinajstić information content (AvgIpc) is 3.22. The van der Waals surface area contributed by atoms with Crippen LogP contribution in [-0.4, -0.2) is 34.5 Å². The lowest BCUT2D eigenvalue weighted by molar-refractivity contribution is -0.118. The number of amides is 2. The fraction of sp³-hybridized carbons (Fsp3) is 0.278. The van der Waals surface area contributed by atoms with Crippen LogP contribution in [0.3, 0.4) is 0 Å². The molecule has 3 rings (SSSR count). The Balaban J connectivity index is 1.77. The molecule has 2 amide bonds. The zero-order chi connectivity index (χ0) is 17.8. The third-order valence-corrected chi connectivity index (χ3v) is 4.73. The van der Waals surface area contributed by atoms with Crippen molar-refractivity contribution >= 4 is 34.1 Å². The first-order valence-electron chi connectivity index (χ1n) is 8.17. The van der Waals surface area contributed by atoms with Crippen LogP contribution in [0, 0.1) is 0 Å². The summed E-state index contributed by atoms with van der Waals surface area (Å²) in [5.41, 5.74) is 2.58. The number of rotatable bonds is 6. The van der Waals surface area contributed by atoms with E-state index in [1.54, 1.807) is 5.38 Å². The van der Waals surface area contributed by atoms with Crippen molar-refractivity contribution in [2.75, 3.05) is 13.1 Å². The average molecular weight is 356 g/mol. The second-order valence-electron chi connectivity index (χ2n) is 5.61. The van der Waals surface area contributed by atoms with E-state index in [1.807, 2.05) is 12.1 Å². The second kappa shape index (κ2) is 7.48. The van der Waals surface area contributed by atoms with E-state index in [0.717, 1.165) is 28.1 Å². The highest BCUT2D eigenvalue weighted by molar-refractivity contribution is 7.13. The summed E-state index contributed by atoms with van der Waals surface area (Å²) in [6.07, 6.45) is 0. The molecule has 0 saturated carbocycles. The summed E-state index contributed by atoms with van der Waals surface area (Å²) in [5, 5.41) is 9.15. The number of fused-ring (bicyclic) bond motifs is 1. The highest BCUT2D eigenvalue weighted by atomic mass is 32.1. The maximum Gasteiger partial charge on any atom is 0.270 e. The molecule has 0 atom stereocenters. The molecule has 0 radical (unpaired) electrons. The van der Waals surface area contributed by atoms with Crippen LogP contribution in [0.5, 0.6) is 0 Å². The minimum absolute atomic E-state index is 0.113. The summed E-state index contributed by atoms with van der Waals surface area (Å²) >= 11 is 1.46. The topological polar surface area (TPSA) is 76.0 Å². The molecule has 0 bridgehead atoms. The fourth-order valence-electron chi connectivity index (χ4n) is 2.73. The Labute approximate surface area is 149 Å². The quantitative estimate of drug-likeness (QED) is 0.667. The van der Waals surface area contributed by atoms with E-state index in [9.17, 15) is 9.59 Å². The van der Waals surface area contributed by atoms with Crippen LogP contribution in [0.2, 0.25) is 0 Å². The predicted octanol–water partition coefficient (Wildman–Crippen LogP) is 2.65. The lowest BCUT2D eigenvalue weighted by atomic mass is 10.2. The molecular formula is C18H20N4O2S. The van der Waals surface area contributed by atoms with Crippen molar-refractivity contribution in [2.24, 2.45) is 0 Å². The van der Waals surface area contributed by atoms with Gasteiger partial charge in [0.2, 0.25) is 5.91 Å². The normalized spacial score (nSPS) is 10.8. The number of benzene rings is 1.